The number of aromatic nitrogens is 2. The van der Waals surface area contributed by atoms with Crippen LogP contribution in [0.5, 0.6) is 0 Å². The van der Waals surface area contributed by atoms with Gasteiger partial charge in [-0.3, -0.25) is 4.57 Å². The van der Waals surface area contributed by atoms with Crippen LogP contribution in [0.2, 0.25) is 0 Å². The van der Waals surface area contributed by atoms with Crippen LogP contribution in [0.25, 0.3) is 16.7 Å². The van der Waals surface area contributed by atoms with Crippen molar-refractivity contribution in [2.45, 2.75) is 6.92 Å². The molecule has 0 unspecified atom stereocenters. The normalized spacial score (nSPS) is 10.9. The van der Waals surface area contributed by atoms with Gasteiger partial charge in [0.05, 0.1) is 16.7 Å². The van der Waals surface area contributed by atoms with Gasteiger partial charge in [0.1, 0.15) is 0 Å². The molecule has 0 saturated carbocycles. The van der Waals surface area contributed by atoms with Gasteiger partial charge in [0, 0.05) is 19.8 Å². The van der Waals surface area contributed by atoms with Crippen LogP contribution in [0.15, 0.2) is 42.5 Å². The lowest BCUT2D eigenvalue weighted by Gasteiger charge is -2.14. The first-order valence-corrected chi connectivity index (χ1v) is 6.59. The molecule has 2 aromatic carbocycles. The molecule has 1 heterocycles. The van der Waals surface area contributed by atoms with Gasteiger partial charge in [-0.2, -0.15) is 0 Å². The first kappa shape index (κ1) is 12.5. The Hall–Kier alpha value is -2.49. The first-order valence-electron chi connectivity index (χ1n) is 6.59. The van der Waals surface area contributed by atoms with E-state index in [1.807, 2.05) is 42.9 Å². The summed E-state index contributed by atoms with van der Waals surface area (Å²) in [5.74, 6) is 0.519. The molecule has 0 spiro atoms. The lowest BCUT2D eigenvalue weighted by atomic mass is 10.2. The summed E-state index contributed by atoms with van der Waals surface area (Å²) < 4.78 is 2.00. The molecule has 1 aromatic heterocycles. The number of aryl methyl sites for hydroxylation is 1. The molecule has 2 N–H and O–H groups in total. The van der Waals surface area contributed by atoms with E-state index in [1.54, 1.807) is 0 Å². The second kappa shape index (κ2) is 4.56. The van der Waals surface area contributed by atoms with Crippen LogP contribution < -0.4 is 10.6 Å². The highest BCUT2D eigenvalue weighted by Crippen LogP contribution is 2.26. The summed E-state index contributed by atoms with van der Waals surface area (Å²) >= 11 is 0. The maximum absolute atomic E-state index is 6.12. The van der Waals surface area contributed by atoms with Crippen molar-refractivity contribution in [3.05, 3.63) is 48.0 Å². The lowest BCUT2D eigenvalue weighted by Crippen LogP contribution is -2.09. The minimum Gasteiger partial charge on any atom is -0.378 e. The second-order valence-corrected chi connectivity index (χ2v) is 5.16. The average molecular weight is 266 g/mol. The topological polar surface area (TPSA) is 47.1 Å². The van der Waals surface area contributed by atoms with E-state index in [4.69, 9.17) is 5.73 Å². The van der Waals surface area contributed by atoms with Gasteiger partial charge in [0.25, 0.3) is 0 Å². The molecule has 0 fully saturated rings. The second-order valence-electron chi connectivity index (χ2n) is 5.16. The maximum atomic E-state index is 6.12. The van der Waals surface area contributed by atoms with Crippen molar-refractivity contribution in [1.29, 1.82) is 0 Å². The Morgan fingerprint density at radius 2 is 1.85 bits per heavy atom. The molecular weight excluding hydrogens is 248 g/mol. The van der Waals surface area contributed by atoms with Crippen molar-refractivity contribution in [3.63, 3.8) is 0 Å². The molecule has 0 aliphatic heterocycles. The summed E-state index contributed by atoms with van der Waals surface area (Å²) in [6, 6.07) is 14.4. The molecule has 0 bridgehead atoms. The molecule has 3 aromatic rings. The Kier molecular flexibility index (Phi) is 2.86. The van der Waals surface area contributed by atoms with Gasteiger partial charge in [-0.15, -0.1) is 0 Å². The summed E-state index contributed by atoms with van der Waals surface area (Å²) in [7, 11) is 4.05. The van der Waals surface area contributed by atoms with Gasteiger partial charge >= 0.3 is 0 Å². The molecular formula is C16H18N4. The van der Waals surface area contributed by atoms with E-state index in [0.29, 0.717) is 5.95 Å². The standard InChI is InChI=1S/C16H18N4/c1-11-6-4-9-14-15(11)18-16(17)20(14)13-8-5-7-12(10-13)19(2)3/h4-10H,1-3H3,(H2,17,18). The molecule has 0 aliphatic carbocycles. The molecule has 4 nitrogen and oxygen atoms in total. The number of nitrogens with two attached hydrogens (primary N) is 1. The third kappa shape index (κ3) is 1.90. The fraction of sp³-hybridized carbons (Fsp3) is 0.188. The van der Waals surface area contributed by atoms with E-state index in [9.17, 15) is 0 Å². The fourth-order valence-electron chi connectivity index (χ4n) is 2.44. The summed E-state index contributed by atoms with van der Waals surface area (Å²) in [4.78, 5) is 6.56. The van der Waals surface area contributed by atoms with Crippen LogP contribution in [-0.2, 0) is 0 Å². The Morgan fingerprint density at radius 3 is 2.60 bits per heavy atom. The van der Waals surface area contributed by atoms with Crippen LogP contribution in [0, 0.1) is 6.92 Å². The highest BCUT2D eigenvalue weighted by Gasteiger charge is 2.11. The van der Waals surface area contributed by atoms with Crippen molar-refractivity contribution in [2.75, 3.05) is 24.7 Å². The zero-order valence-corrected chi connectivity index (χ0v) is 12.0. The first-order chi connectivity index (χ1) is 9.58. The number of rotatable bonds is 2. The average Bonchev–Trinajstić information content (AvgIpc) is 2.77. The summed E-state index contributed by atoms with van der Waals surface area (Å²) in [5.41, 5.74) is 11.4. The van der Waals surface area contributed by atoms with Crippen molar-refractivity contribution in [1.82, 2.24) is 9.55 Å². The minimum absolute atomic E-state index is 0.519. The fourth-order valence-corrected chi connectivity index (χ4v) is 2.44. The highest BCUT2D eigenvalue weighted by molar-refractivity contribution is 5.83. The SMILES string of the molecule is Cc1cccc2c1nc(N)n2-c1cccc(N(C)C)c1. The number of para-hydroxylation sites is 1. The number of anilines is 2. The van der Waals surface area contributed by atoms with Crippen LogP contribution in [0.1, 0.15) is 5.56 Å². The minimum atomic E-state index is 0.519. The summed E-state index contributed by atoms with van der Waals surface area (Å²) in [6.07, 6.45) is 0. The van der Waals surface area contributed by atoms with Gasteiger partial charge in [-0.05, 0) is 36.8 Å². The number of nitrogens with zero attached hydrogens (tertiary/aromatic N) is 3. The Balaban J connectivity index is 2.27. The van der Waals surface area contributed by atoms with E-state index < -0.39 is 0 Å². The molecule has 4 heteroatoms. The molecule has 20 heavy (non-hydrogen) atoms. The van der Waals surface area contributed by atoms with Crippen molar-refractivity contribution < 1.29 is 0 Å². The number of imidazole rings is 1. The molecule has 0 aliphatic rings. The number of hydrogen-bond acceptors (Lipinski definition) is 3. The predicted octanol–water partition coefficient (Wildman–Crippen LogP) is 2.98. The van der Waals surface area contributed by atoms with E-state index in [-0.39, 0.29) is 0 Å². The third-order valence-corrected chi connectivity index (χ3v) is 3.52. The third-order valence-electron chi connectivity index (χ3n) is 3.52. The predicted molar refractivity (Wildman–Crippen MR) is 84.5 cm³/mol. The van der Waals surface area contributed by atoms with E-state index in [1.165, 1.54) is 0 Å². The number of nitrogen functional groups attached to an aromatic ring is 1. The number of hydrogen-bond donors (Lipinski definition) is 1. The number of fused-ring (bicyclic) bond motifs is 1. The van der Waals surface area contributed by atoms with Crippen LogP contribution in [0.4, 0.5) is 11.6 Å². The lowest BCUT2D eigenvalue weighted by molar-refractivity contribution is 1.09. The molecule has 0 radical (unpaired) electrons. The molecule has 0 saturated heterocycles. The van der Waals surface area contributed by atoms with Crippen molar-refractivity contribution in [3.8, 4) is 5.69 Å². The van der Waals surface area contributed by atoms with E-state index in [0.717, 1.165) is 28.0 Å². The van der Waals surface area contributed by atoms with Crippen LogP contribution in [0.3, 0.4) is 0 Å². The van der Waals surface area contributed by atoms with Crippen LogP contribution >= 0.6 is 0 Å². The zero-order valence-electron chi connectivity index (χ0n) is 12.0. The van der Waals surface area contributed by atoms with Gasteiger partial charge in [-0.25, -0.2) is 4.98 Å². The molecule has 0 amide bonds. The van der Waals surface area contributed by atoms with E-state index in [2.05, 4.69) is 35.0 Å². The van der Waals surface area contributed by atoms with Crippen LogP contribution in [-0.4, -0.2) is 23.6 Å². The summed E-state index contributed by atoms with van der Waals surface area (Å²) in [5, 5.41) is 0. The highest BCUT2D eigenvalue weighted by atomic mass is 15.2. The molecule has 0 atom stereocenters. The van der Waals surface area contributed by atoms with Crippen molar-refractivity contribution >= 4 is 22.7 Å². The Morgan fingerprint density at radius 1 is 1.10 bits per heavy atom. The van der Waals surface area contributed by atoms with Gasteiger partial charge < -0.3 is 10.6 Å². The smallest absolute Gasteiger partial charge is 0.205 e. The maximum Gasteiger partial charge on any atom is 0.205 e. The quantitative estimate of drug-likeness (QED) is 0.775. The van der Waals surface area contributed by atoms with Gasteiger partial charge in [0.15, 0.2) is 0 Å². The molecule has 102 valence electrons. The van der Waals surface area contributed by atoms with Crippen molar-refractivity contribution in [2.24, 2.45) is 0 Å². The Labute approximate surface area is 118 Å². The monoisotopic (exact) mass is 266 g/mol. The number of benzene rings is 2. The van der Waals surface area contributed by atoms with E-state index >= 15 is 0 Å². The zero-order chi connectivity index (χ0) is 14.3. The molecule has 3 rings (SSSR count). The van der Waals surface area contributed by atoms with Gasteiger partial charge in [-0.1, -0.05) is 18.2 Å². The summed E-state index contributed by atoms with van der Waals surface area (Å²) in [6.45, 7) is 2.05. The Bertz CT molecular complexity index is 771. The van der Waals surface area contributed by atoms with Gasteiger partial charge in [0.2, 0.25) is 5.95 Å². The largest absolute Gasteiger partial charge is 0.378 e.